The zero-order chi connectivity index (χ0) is 20.1. The summed E-state index contributed by atoms with van der Waals surface area (Å²) >= 11 is 1.68. The molecule has 0 saturated carbocycles. The number of thiophene rings is 1. The van der Waals surface area contributed by atoms with Crippen molar-refractivity contribution >= 4 is 17.2 Å². The zero-order valence-corrected chi connectivity index (χ0v) is 17.2. The molecule has 28 heavy (non-hydrogen) atoms. The fourth-order valence-electron chi connectivity index (χ4n) is 2.94. The maximum Gasteiger partial charge on any atom is 0.254 e. The average molecular weight is 401 g/mol. The third-order valence-corrected chi connectivity index (χ3v) is 5.42. The number of amides is 1. The molecule has 0 bridgehead atoms. The Labute approximate surface area is 168 Å². The lowest BCUT2D eigenvalue weighted by atomic mass is 10.1. The van der Waals surface area contributed by atoms with Crippen LogP contribution in [0.4, 0.5) is 0 Å². The van der Waals surface area contributed by atoms with E-state index in [0.29, 0.717) is 30.2 Å². The summed E-state index contributed by atoms with van der Waals surface area (Å²) in [6.45, 7) is 2.50. The van der Waals surface area contributed by atoms with Gasteiger partial charge in [-0.3, -0.25) is 4.79 Å². The van der Waals surface area contributed by atoms with Gasteiger partial charge in [-0.2, -0.15) is 5.10 Å². The summed E-state index contributed by atoms with van der Waals surface area (Å²) in [4.78, 5) is 16.1. The SMILES string of the molecule is CCc1c(C(=O)NCC(c2cccs2)N(C)C)cnn1-c1ccc(OC)nn1. The first-order valence-electron chi connectivity index (χ1n) is 8.98. The molecule has 3 aromatic rings. The van der Waals surface area contributed by atoms with Gasteiger partial charge < -0.3 is 15.0 Å². The average Bonchev–Trinajstić information content (AvgIpc) is 3.37. The number of methoxy groups -OCH3 is 1. The Bertz CT molecular complexity index is 905. The van der Waals surface area contributed by atoms with Gasteiger partial charge in [0.1, 0.15) is 0 Å². The summed E-state index contributed by atoms with van der Waals surface area (Å²) in [6, 6.07) is 7.70. The van der Waals surface area contributed by atoms with Crippen molar-refractivity contribution in [2.75, 3.05) is 27.7 Å². The van der Waals surface area contributed by atoms with Crippen LogP contribution in [0.1, 0.15) is 33.9 Å². The maximum absolute atomic E-state index is 12.8. The minimum atomic E-state index is -0.145. The lowest BCUT2D eigenvalue weighted by molar-refractivity contribution is 0.0941. The van der Waals surface area contributed by atoms with Crippen LogP contribution in [-0.4, -0.2) is 58.5 Å². The first-order chi connectivity index (χ1) is 13.5. The van der Waals surface area contributed by atoms with Crippen LogP contribution < -0.4 is 10.1 Å². The molecule has 0 fully saturated rings. The molecule has 0 spiro atoms. The minimum absolute atomic E-state index is 0.122. The van der Waals surface area contributed by atoms with Crippen LogP contribution in [0.2, 0.25) is 0 Å². The molecule has 1 N–H and O–H groups in total. The molecular formula is C19H24N6O2S. The summed E-state index contributed by atoms with van der Waals surface area (Å²) < 4.78 is 6.68. The number of ether oxygens (including phenoxy) is 1. The summed E-state index contributed by atoms with van der Waals surface area (Å²) in [7, 11) is 5.55. The Morgan fingerprint density at radius 3 is 2.71 bits per heavy atom. The minimum Gasteiger partial charge on any atom is -0.480 e. The van der Waals surface area contributed by atoms with Gasteiger partial charge >= 0.3 is 0 Å². The molecule has 0 aliphatic heterocycles. The molecule has 3 heterocycles. The Kier molecular flexibility index (Phi) is 6.37. The number of likely N-dealkylation sites (N-methyl/N-ethyl adjacent to an activating group) is 1. The number of hydrogen-bond acceptors (Lipinski definition) is 7. The van der Waals surface area contributed by atoms with E-state index in [9.17, 15) is 4.79 Å². The molecule has 3 aromatic heterocycles. The van der Waals surface area contributed by atoms with Crippen LogP contribution in [0.25, 0.3) is 5.82 Å². The molecule has 3 rings (SSSR count). The summed E-state index contributed by atoms with van der Waals surface area (Å²) in [5, 5.41) is 17.5. The van der Waals surface area contributed by atoms with E-state index >= 15 is 0 Å². The molecule has 1 unspecified atom stereocenters. The molecule has 1 atom stereocenters. The molecule has 1 amide bonds. The van der Waals surface area contributed by atoms with Crippen molar-refractivity contribution in [3.63, 3.8) is 0 Å². The highest BCUT2D eigenvalue weighted by atomic mass is 32.1. The topological polar surface area (TPSA) is 85.2 Å². The van der Waals surface area contributed by atoms with Gasteiger partial charge in [0.25, 0.3) is 5.91 Å². The normalized spacial score (nSPS) is 12.2. The monoisotopic (exact) mass is 400 g/mol. The number of aromatic nitrogens is 4. The first kappa shape index (κ1) is 20.0. The van der Waals surface area contributed by atoms with Gasteiger partial charge in [-0.15, -0.1) is 21.5 Å². The predicted molar refractivity (Wildman–Crippen MR) is 108 cm³/mol. The quantitative estimate of drug-likeness (QED) is 0.625. The molecule has 0 aliphatic carbocycles. The Balaban J connectivity index is 1.77. The van der Waals surface area contributed by atoms with Gasteiger partial charge in [0.05, 0.1) is 30.6 Å². The molecule has 0 radical (unpaired) electrons. The van der Waals surface area contributed by atoms with Crippen molar-refractivity contribution in [1.82, 2.24) is 30.2 Å². The van der Waals surface area contributed by atoms with Gasteiger partial charge in [0.15, 0.2) is 5.82 Å². The molecule has 8 nitrogen and oxygen atoms in total. The number of hydrogen-bond donors (Lipinski definition) is 1. The first-order valence-corrected chi connectivity index (χ1v) is 9.86. The smallest absolute Gasteiger partial charge is 0.254 e. The highest BCUT2D eigenvalue weighted by molar-refractivity contribution is 7.10. The zero-order valence-electron chi connectivity index (χ0n) is 16.4. The fourth-order valence-corrected chi connectivity index (χ4v) is 3.86. The standard InChI is InChI=1S/C19H24N6O2S/c1-5-14-13(11-21-25(14)17-8-9-18(27-4)23-22-17)19(26)20-12-15(24(2)3)16-7-6-10-28-16/h6-11,15H,5,12H2,1-4H3,(H,20,26). The summed E-state index contributed by atoms with van der Waals surface area (Å²) in [6.07, 6.45) is 2.22. The van der Waals surface area contributed by atoms with E-state index in [1.807, 2.05) is 32.5 Å². The second-order valence-corrected chi connectivity index (χ2v) is 7.39. The second kappa shape index (κ2) is 8.94. The van der Waals surface area contributed by atoms with E-state index in [4.69, 9.17) is 4.74 Å². The molecule has 9 heteroatoms. The number of nitrogens with one attached hydrogen (secondary N) is 1. The molecule has 0 aliphatic rings. The van der Waals surface area contributed by atoms with Gasteiger partial charge in [-0.25, -0.2) is 4.68 Å². The lowest BCUT2D eigenvalue weighted by Crippen LogP contribution is -2.34. The van der Waals surface area contributed by atoms with Crippen molar-refractivity contribution in [3.8, 4) is 11.7 Å². The Morgan fingerprint density at radius 1 is 1.32 bits per heavy atom. The van der Waals surface area contributed by atoms with Gasteiger partial charge in [0, 0.05) is 17.5 Å². The van der Waals surface area contributed by atoms with Crippen LogP contribution in [0.3, 0.4) is 0 Å². The number of carbonyl (C=O) groups excluding carboxylic acids is 1. The van der Waals surface area contributed by atoms with Crippen molar-refractivity contribution in [1.29, 1.82) is 0 Å². The maximum atomic E-state index is 12.8. The highest BCUT2D eigenvalue weighted by Gasteiger charge is 2.21. The number of nitrogens with zero attached hydrogens (tertiary/aromatic N) is 5. The predicted octanol–water partition coefficient (Wildman–Crippen LogP) is 2.33. The highest BCUT2D eigenvalue weighted by Crippen LogP contribution is 2.23. The second-order valence-electron chi connectivity index (χ2n) is 6.41. The molecule has 0 saturated heterocycles. The van der Waals surface area contributed by atoms with Gasteiger partial charge in [-0.05, 0) is 38.0 Å². The molecule has 0 aromatic carbocycles. The van der Waals surface area contributed by atoms with Crippen LogP contribution >= 0.6 is 11.3 Å². The van der Waals surface area contributed by atoms with E-state index in [0.717, 1.165) is 5.69 Å². The third kappa shape index (κ3) is 4.20. The van der Waals surface area contributed by atoms with E-state index in [2.05, 4.69) is 31.6 Å². The largest absolute Gasteiger partial charge is 0.480 e. The van der Waals surface area contributed by atoms with Gasteiger partial charge in [0.2, 0.25) is 5.88 Å². The lowest BCUT2D eigenvalue weighted by Gasteiger charge is -2.23. The Hall–Kier alpha value is -2.78. The Morgan fingerprint density at radius 2 is 2.14 bits per heavy atom. The van der Waals surface area contributed by atoms with Crippen molar-refractivity contribution in [3.05, 3.63) is 52.0 Å². The number of rotatable bonds is 8. The number of carbonyl (C=O) groups is 1. The van der Waals surface area contributed by atoms with Crippen LogP contribution in [-0.2, 0) is 6.42 Å². The van der Waals surface area contributed by atoms with E-state index in [1.54, 1.807) is 34.3 Å². The van der Waals surface area contributed by atoms with Crippen molar-refractivity contribution < 1.29 is 9.53 Å². The molecule has 148 valence electrons. The fraction of sp³-hybridized carbons (Fsp3) is 0.368. The van der Waals surface area contributed by atoms with Crippen LogP contribution in [0.5, 0.6) is 5.88 Å². The van der Waals surface area contributed by atoms with Gasteiger partial charge in [-0.1, -0.05) is 13.0 Å². The summed E-state index contributed by atoms with van der Waals surface area (Å²) in [5.41, 5.74) is 1.33. The van der Waals surface area contributed by atoms with Crippen LogP contribution in [0, 0.1) is 0 Å². The summed E-state index contributed by atoms with van der Waals surface area (Å²) in [5.74, 6) is 0.824. The van der Waals surface area contributed by atoms with E-state index in [-0.39, 0.29) is 11.9 Å². The van der Waals surface area contributed by atoms with Crippen LogP contribution in [0.15, 0.2) is 35.8 Å². The van der Waals surface area contributed by atoms with E-state index in [1.165, 1.54) is 12.0 Å². The van der Waals surface area contributed by atoms with Crippen molar-refractivity contribution in [2.45, 2.75) is 19.4 Å². The van der Waals surface area contributed by atoms with E-state index < -0.39 is 0 Å². The molecular weight excluding hydrogens is 376 g/mol. The van der Waals surface area contributed by atoms with Crippen molar-refractivity contribution in [2.24, 2.45) is 0 Å². The third-order valence-electron chi connectivity index (χ3n) is 4.45.